The number of hydrogen-bond acceptors (Lipinski definition) is 4. The molecule has 6 nitrogen and oxygen atoms in total. The third-order valence-corrected chi connectivity index (χ3v) is 5.65. The highest BCUT2D eigenvalue weighted by atomic mass is 16.5. The average Bonchev–Trinajstić information content (AvgIpc) is 3.32. The molecule has 2 aromatic rings. The normalized spacial score (nSPS) is 16.1. The maximum absolute atomic E-state index is 12.5. The van der Waals surface area contributed by atoms with E-state index in [4.69, 9.17) is 4.74 Å². The van der Waals surface area contributed by atoms with Crippen LogP contribution in [0.2, 0.25) is 0 Å². The Balaban J connectivity index is 1.24. The molecule has 156 valence electrons. The molecule has 0 radical (unpaired) electrons. The minimum absolute atomic E-state index is 0.146. The summed E-state index contributed by atoms with van der Waals surface area (Å²) in [6.45, 7) is 2.12. The molecule has 6 heteroatoms. The maximum Gasteiger partial charge on any atom is 0.261 e. The van der Waals surface area contributed by atoms with E-state index in [9.17, 15) is 14.4 Å². The fourth-order valence-electron chi connectivity index (χ4n) is 4.04. The van der Waals surface area contributed by atoms with Crippen LogP contribution in [0.3, 0.4) is 0 Å². The summed E-state index contributed by atoms with van der Waals surface area (Å²) in [5.74, 6) is 0.109. The standard InChI is InChI=1S/C24H26N2O4/c1-16-8-13-20-21(15-16)24(29)26(23(20)28)14-4-7-22(27)25-17-9-11-19(12-10-17)30-18-5-2-3-6-18/h8-13,15,18H,2-7,14H2,1H3,(H,25,27). The Morgan fingerprint density at radius 1 is 1.03 bits per heavy atom. The highest BCUT2D eigenvalue weighted by Gasteiger charge is 2.34. The average molecular weight is 406 g/mol. The van der Waals surface area contributed by atoms with Gasteiger partial charge in [-0.3, -0.25) is 19.3 Å². The van der Waals surface area contributed by atoms with Gasteiger partial charge in [0.05, 0.1) is 17.2 Å². The molecule has 0 atom stereocenters. The second kappa shape index (κ2) is 8.69. The Morgan fingerprint density at radius 3 is 2.47 bits per heavy atom. The predicted octanol–water partition coefficient (Wildman–Crippen LogP) is 4.33. The molecular formula is C24H26N2O4. The van der Waals surface area contributed by atoms with Crippen molar-refractivity contribution in [1.82, 2.24) is 4.90 Å². The SMILES string of the molecule is Cc1ccc2c(c1)C(=O)N(CCCC(=O)Nc1ccc(OC3CCCC3)cc1)C2=O. The molecule has 30 heavy (non-hydrogen) atoms. The Morgan fingerprint density at radius 2 is 1.73 bits per heavy atom. The van der Waals surface area contributed by atoms with E-state index in [1.165, 1.54) is 17.7 Å². The summed E-state index contributed by atoms with van der Waals surface area (Å²) in [6.07, 6.45) is 5.59. The van der Waals surface area contributed by atoms with Crippen LogP contribution < -0.4 is 10.1 Å². The molecular weight excluding hydrogens is 380 g/mol. The number of nitrogens with one attached hydrogen (secondary N) is 1. The van der Waals surface area contributed by atoms with Gasteiger partial charge in [0, 0.05) is 18.7 Å². The fourth-order valence-corrected chi connectivity index (χ4v) is 4.04. The lowest BCUT2D eigenvalue weighted by Gasteiger charge is -2.14. The van der Waals surface area contributed by atoms with Crippen LogP contribution in [0.1, 0.15) is 64.8 Å². The highest BCUT2D eigenvalue weighted by molar-refractivity contribution is 6.21. The zero-order valence-corrected chi connectivity index (χ0v) is 17.1. The van der Waals surface area contributed by atoms with Gasteiger partial charge in [0.1, 0.15) is 5.75 Å². The number of carbonyl (C=O) groups is 3. The third-order valence-electron chi connectivity index (χ3n) is 5.65. The van der Waals surface area contributed by atoms with Crippen molar-refractivity contribution in [3.8, 4) is 5.75 Å². The number of rotatable bonds is 7. The van der Waals surface area contributed by atoms with Crippen molar-refractivity contribution < 1.29 is 19.1 Å². The summed E-state index contributed by atoms with van der Waals surface area (Å²) in [4.78, 5) is 38.4. The van der Waals surface area contributed by atoms with Crippen molar-refractivity contribution in [3.63, 3.8) is 0 Å². The number of hydrogen-bond donors (Lipinski definition) is 1. The number of carbonyl (C=O) groups excluding carboxylic acids is 3. The first-order valence-electron chi connectivity index (χ1n) is 10.5. The van der Waals surface area contributed by atoms with E-state index in [1.54, 1.807) is 12.1 Å². The summed E-state index contributed by atoms with van der Waals surface area (Å²) in [6, 6.07) is 12.7. The molecule has 1 fully saturated rings. The van der Waals surface area contributed by atoms with E-state index in [1.807, 2.05) is 37.3 Å². The van der Waals surface area contributed by atoms with Crippen molar-refractivity contribution in [2.45, 2.75) is 51.6 Å². The minimum atomic E-state index is -0.284. The molecule has 1 aliphatic carbocycles. The van der Waals surface area contributed by atoms with Crippen LogP contribution in [0, 0.1) is 6.92 Å². The topological polar surface area (TPSA) is 75.7 Å². The van der Waals surface area contributed by atoms with Gasteiger partial charge in [-0.25, -0.2) is 0 Å². The molecule has 2 aromatic carbocycles. The van der Waals surface area contributed by atoms with Gasteiger partial charge in [-0.1, -0.05) is 11.6 Å². The van der Waals surface area contributed by atoms with Crippen molar-refractivity contribution >= 4 is 23.4 Å². The number of anilines is 1. The predicted molar refractivity (Wildman–Crippen MR) is 114 cm³/mol. The first kappa shape index (κ1) is 20.1. The monoisotopic (exact) mass is 406 g/mol. The third kappa shape index (κ3) is 4.37. The second-order valence-corrected chi connectivity index (χ2v) is 8.01. The largest absolute Gasteiger partial charge is 0.490 e. The lowest BCUT2D eigenvalue weighted by atomic mass is 10.1. The molecule has 3 amide bonds. The molecule has 2 aliphatic rings. The van der Waals surface area contributed by atoms with Gasteiger partial charge in [0.25, 0.3) is 11.8 Å². The van der Waals surface area contributed by atoms with E-state index in [0.29, 0.717) is 29.3 Å². The Kier molecular flexibility index (Phi) is 5.84. The summed E-state index contributed by atoms with van der Waals surface area (Å²) in [7, 11) is 0. The second-order valence-electron chi connectivity index (χ2n) is 8.01. The number of aryl methyl sites for hydroxylation is 1. The molecule has 0 aromatic heterocycles. The molecule has 1 N–H and O–H groups in total. The van der Waals surface area contributed by atoms with E-state index < -0.39 is 0 Å². The summed E-state index contributed by atoms with van der Waals surface area (Å²) in [5, 5.41) is 2.85. The zero-order chi connectivity index (χ0) is 21.1. The molecule has 1 saturated carbocycles. The minimum Gasteiger partial charge on any atom is -0.490 e. The first-order valence-corrected chi connectivity index (χ1v) is 10.5. The van der Waals surface area contributed by atoms with Crippen LogP contribution in [0.15, 0.2) is 42.5 Å². The van der Waals surface area contributed by atoms with Gasteiger partial charge in [0.2, 0.25) is 5.91 Å². The lowest BCUT2D eigenvalue weighted by molar-refractivity contribution is -0.116. The summed E-state index contributed by atoms with van der Waals surface area (Å²) < 4.78 is 5.93. The van der Waals surface area contributed by atoms with Gasteiger partial charge < -0.3 is 10.1 Å². The molecule has 0 saturated heterocycles. The van der Waals surface area contributed by atoms with Gasteiger partial charge >= 0.3 is 0 Å². The fraction of sp³-hybridized carbons (Fsp3) is 0.375. The van der Waals surface area contributed by atoms with E-state index in [2.05, 4.69) is 5.32 Å². The molecule has 0 bridgehead atoms. The molecule has 1 heterocycles. The van der Waals surface area contributed by atoms with Crippen molar-refractivity contribution in [2.24, 2.45) is 0 Å². The van der Waals surface area contributed by atoms with Crippen LogP contribution in [0.25, 0.3) is 0 Å². The van der Waals surface area contributed by atoms with Crippen LogP contribution in [0.5, 0.6) is 5.75 Å². The van der Waals surface area contributed by atoms with Gasteiger partial charge in [-0.15, -0.1) is 0 Å². The number of ether oxygens (including phenoxy) is 1. The number of imide groups is 1. The Hall–Kier alpha value is -3.15. The van der Waals surface area contributed by atoms with E-state index in [0.717, 1.165) is 24.2 Å². The van der Waals surface area contributed by atoms with Crippen molar-refractivity contribution in [1.29, 1.82) is 0 Å². The van der Waals surface area contributed by atoms with Crippen LogP contribution in [-0.4, -0.2) is 35.3 Å². The summed E-state index contributed by atoms with van der Waals surface area (Å²) in [5.41, 5.74) is 2.53. The maximum atomic E-state index is 12.5. The number of nitrogens with zero attached hydrogens (tertiary/aromatic N) is 1. The Bertz CT molecular complexity index is 962. The van der Waals surface area contributed by atoms with E-state index >= 15 is 0 Å². The molecule has 0 unspecified atom stereocenters. The van der Waals surface area contributed by atoms with Gasteiger partial charge in [-0.2, -0.15) is 0 Å². The number of fused-ring (bicyclic) bond motifs is 1. The van der Waals surface area contributed by atoms with Crippen LogP contribution >= 0.6 is 0 Å². The quantitative estimate of drug-likeness (QED) is 0.695. The molecule has 1 aliphatic heterocycles. The number of amides is 3. The van der Waals surface area contributed by atoms with Gasteiger partial charge in [0.15, 0.2) is 0 Å². The summed E-state index contributed by atoms with van der Waals surface area (Å²) >= 11 is 0. The van der Waals surface area contributed by atoms with Crippen molar-refractivity contribution in [3.05, 3.63) is 59.2 Å². The van der Waals surface area contributed by atoms with Crippen molar-refractivity contribution in [2.75, 3.05) is 11.9 Å². The molecule has 4 rings (SSSR count). The molecule has 0 spiro atoms. The Labute approximate surface area is 176 Å². The first-order chi connectivity index (χ1) is 14.5. The van der Waals surface area contributed by atoms with Crippen LogP contribution in [0.4, 0.5) is 5.69 Å². The zero-order valence-electron chi connectivity index (χ0n) is 17.1. The lowest BCUT2D eigenvalue weighted by Crippen LogP contribution is -2.31. The number of benzene rings is 2. The smallest absolute Gasteiger partial charge is 0.261 e. The van der Waals surface area contributed by atoms with E-state index in [-0.39, 0.29) is 30.7 Å². The highest BCUT2D eigenvalue weighted by Crippen LogP contribution is 2.26. The van der Waals surface area contributed by atoms with Gasteiger partial charge in [-0.05, 0) is 75.4 Å². The van der Waals surface area contributed by atoms with Crippen LogP contribution in [-0.2, 0) is 4.79 Å².